The molecule has 0 bridgehead atoms. The molecule has 0 saturated heterocycles. The highest BCUT2D eigenvalue weighted by atomic mass is 79.9. The number of thiophene rings is 1. The zero-order valence-electron chi connectivity index (χ0n) is 8.86. The topological polar surface area (TPSA) is 32.3 Å². The van der Waals surface area contributed by atoms with E-state index in [2.05, 4.69) is 21.2 Å². The molecule has 2 rings (SSSR count). The van der Waals surface area contributed by atoms with Crippen LogP contribution in [-0.4, -0.2) is 11.7 Å². The van der Waals surface area contributed by atoms with Crippen LogP contribution < -0.4 is 5.32 Å². The summed E-state index contributed by atoms with van der Waals surface area (Å²) in [6.07, 6.45) is -0.549. The van der Waals surface area contributed by atoms with Gasteiger partial charge >= 0.3 is 0 Å². The van der Waals surface area contributed by atoms with E-state index >= 15 is 0 Å². The van der Waals surface area contributed by atoms with Crippen LogP contribution in [0.2, 0.25) is 0 Å². The molecule has 1 atom stereocenters. The highest BCUT2D eigenvalue weighted by Crippen LogP contribution is 2.25. The van der Waals surface area contributed by atoms with Crippen molar-refractivity contribution in [2.45, 2.75) is 6.10 Å². The van der Waals surface area contributed by atoms with Gasteiger partial charge in [-0.25, -0.2) is 4.39 Å². The molecule has 0 fully saturated rings. The van der Waals surface area contributed by atoms with Crippen molar-refractivity contribution in [2.75, 3.05) is 11.9 Å². The van der Waals surface area contributed by atoms with Crippen LogP contribution in [0.25, 0.3) is 0 Å². The van der Waals surface area contributed by atoms with Gasteiger partial charge in [-0.1, -0.05) is 6.07 Å². The number of rotatable bonds is 4. The third-order valence-corrected chi connectivity index (χ3v) is 3.92. The molecule has 1 aromatic heterocycles. The fourth-order valence-electron chi connectivity index (χ4n) is 1.42. The van der Waals surface area contributed by atoms with Crippen molar-refractivity contribution >= 4 is 33.0 Å². The first-order valence-electron chi connectivity index (χ1n) is 5.07. The smallest absolute Gasteiger partial charge is 0.124 e. The van der Waals surface area contributed by atoms with Crippen LogP contribution in [0, 0.1) is 5.82 Å². The molecule has 0 aliphatic carbocycles. The standard InChI is InChI=1S/C12H11BrFNOS/c13-9-6-8(14)3-4-10(9)15-7-11(16)12-2-1-5-17-12/h1-6,11,15-16H,7H2. The molecule has 2 nitrogen and oxygen atoms in total. The highest BCUT2D eigenvalue weighted by Gasteiger charge is 2.09. The summed E-state index contributed by atoms with van der Waals surface area (Å²) in [5, 5.41) is 14.9. The van der Waals surface area contributed by atoms with Crippen molar-refractivity contribution in [3.05, 3.63) is 50.9 Å². The summed E-state index contributed by atoms with van der Waals surface area (Å²) in [7, 11) is 0. The Morgan fingerprint density at radius 3 is 2.88 bits per heavy atom. The highest BCUT2D eigenvalue weighted by molar-refractivity contribution is 9.10. The monoisotopic (exact) mass is 315 g/mol. The minimum absolute atomic E-state index is 0.291. The molecule has 0 amide bonds. The first-order valence-corrected chi connectivity index (χ1v) is 6.74. The molecule has 0 saturated carbocycles. The van der Waals surface area contributed by atoms with Gasteiger partial charge in [0.2, 0.25) is 0 Å². The van der Waals surface area contributed by atoms with E-state index in [4.69, 9.17) is 0 Å². The molecule has 5 heteroatoms. The maximum absolute atomic E-state index is 12.9. The average molecular weight is 316 g/mol. The van der Waals surface area contributed by atoms with Crippen LogP contribution in [-0.2, 0) is 0 Å². The lowest BCUT2D eigenvalue weighted by Gasteiger charge is -2.12. The predicted molar refractivity (Wildman–Crippen MR) is 71.9 cm³/mol. The predicted octanol–water partition coefficient (Wildman–Crippen LogP) is 3.80. The molecule has 0 radical (unpaired) electrons. The Bertz CT molecular complexity index is 489. The zero-order valence-corrected chi connectivity index (χ0v) is 11.3. The molecule has 1 unspecified atom stereocenters. The van der Waals surface area contributed by atoms with Crippen LogP contribution in [0.4, 0.5) is 10.1 Å². The van der Waals surface area contributed by atoms with Crippen molar-refractivity contribution in [1.29, 1.82) is 0 Å². The van der Waals surface area contributed by atoms with Crippen molar-refractivity contribution in [2.24, 2.45) is 0 Å². The molecule has 2 N–H and O–H groups in total. The Morgan fingerprint density at radius 2 is 2.24 bits per heavy atom. The van der Waals surface area contributed by atoms with Gasteiger partial charge in [-0.2, -0.15) is 0 Å². The Kier molecular flexibility index (Phi) is 4.15. The van der Waals surface area contributed by atoms with E-state index in [0.717, 1.165) is 10.6 Å². The quantitative estimate of drug-likeness (QED) is 0.899. The van der Waals surface area contributed by atoms with E-state index in [-0.39, 0.29) is 5.82 Å². The molecule has 2 aromatic rings. The number of hydrogen-bond donors (Lipinski definition) is 2. The number of anilines is 1. The van der Waals surface area contributed by atoms with Gasteiger partial charge in [-0.15, -0.1) is 11.3 Å². The van der Waals surface area contributed by atoms with Gasteiger partial charge in [-0.05, 0) is 45.6 Å². The van der Waals surface area contributed by atoms with Crippen molar-refractivity contribution in [1.82, 2.24) is 0 Å². The summed E-state index contributed by atoms with van der Waals surface area (Å²) < 4.78 is 13.5. The molecular formula is C12H11BrFNOS. The van der Waals surface area contributed by atoms with Crippen LogP contribution in [0.5, 0.6) is 0 Å². The third kappa shape index (κ3) is 3.28. The second-order valence-electron chi connectivity index (χ2n) is 3.54. The summed E-state index contributed by atoms with van der Waals surface area (Å²) in [4.78, 5) is 0.913. The van der Waals surface area contributed by atoms with Gasteiger partial charge < -0.3 is 10.4 Å². The average Bonchev–Trinajstić information content (AvgIpc) is 2.81. The fourth-order valence-corrected chi connectivity index (χ4v) is 2.62. The minimum Gasteiger partial charge on any atom is -0.386 e. The molecule has 1 aromatic carbocycles. The van der Waals surface area contributed by atoms with E-state index in [9.17, 15) is 9.50 Å². The number of benzene rings is 1. The molecule has 0 spiro atoms. The third-order valence-electron chi connectivity index (χ3n) is 2.29. The minimum atomic E-state index is -0.549. The SMILES string of the molecule is OC(CNc1ccc(F)cc1Br)c1cccs1. The number of halogens is 2. The van der Waals surface area contributed by atoms with Crippen molar-refractivity contribution in [3.63, 3.8) is 0 Å². The zero-order chi connectivity index (χ0) is 12.3. The molecule has 0 aliphatic rings. The molecular weight excluding hydrogens is 305 g/mol. The van der Waals surface area contributed by atoms with Crippen molar-refractivity contribution in [3.8, 4) is 0 Å². The van der Waals surface area contributed by atoms with E-state index in [1.165, 1.54) is 23.5 Å². The summed E-state index contributed by atoms with van der Waals surface area (Å²) in [5.41, 5.74) is 0.766. The lowest BCUT2D eigenvalue weighted by molar-refractivity contribution is 0.195. The van der Waals surface area contributed by atoms with Crippen LogP contribution in [0.15, 0.2) is 40.2 Å². The number of nitrogens with one attached hydrogen (secondary N) is 1. The first kappa shape index (κ1) is 12.5. The summed E-state index contributed by atoms with van der Waals surface area (Å²) in [6, 6.07) is 8.19. The van der Waals surface area contributed by atoms with Crippen LogP contribution in [0.3, 0.4) is 0 Å². The number of hydrogen-bond acceptors (Lipinski definition) is 3. The Labute approximate surface area is 111 Å². The maximum atomic E-state index is 12.9. The second kappa shape index (κ2) is 5.62. The van der Waals surface area contributed by atoms with Gasteiger partial charge in [0.25, 0.3) is 0 Å². The van der Waals surface area contributed by atoms with Gasteiger partial charge in [0.1, 0.15) is 11.9 Å². The Morgan fingerprint density at radius 1 is 1.41 bits per heavy atom. The summed E-state index contributed by atoms with van der Waals surface area (Å²) in [6.45, 7) is 0.394. The largest absolute Gasteiger partial charge is 0.386 e. The van der Waals surface area contributed by atoms with E-state index in [1.54, 1.807) is 6.07 Å². The van der Waals surface area contributed by atoms with Gasteiger partial charge in [0, 0.05) is 21.6 Å². The molecule has 0 aliphatic heterocycles. The Balaban J connectivity index is 1.98. The van der Waals surface area contributed by atoms with Gasteiger partial charge in [0.05, 0.1) is 0 Å². The maximum Gasteiger partial charge on any atom is 0.124 e. The molecule has 90 valence electrons. The van der Waals surface area contributed by atoms with E-state index in [1.807, 2.05) is 17.5 Å². The first-order chi connectivity index (χ1) is 8.16. The van der Waals surface area contributed by atoms with Gasteiger partial charge in [0.15, 0.2) is 0 Å². The van der Waals surface area contributed by atoms with E-state index < -0.39 is 6.10 Å². The lowest BCUT2D eigenvalue weighted by Crippen LogP contribution is -2.11. The molecule has 1 heterocycles. The lowest BCUT2D eigenvalue weighted by atomic mass is 10.2. The summed E-state index contributed by atoms with van der Waals surface area (Å²) in [5.74, 6) is -0.291. The number of aliphatic hydroxyl groups is 1. The normalized spacial score (nSPS) is 12.4. The fraction of sp³-hybridized carbons (Fsp3) is 0.167. The van der Waals surface area contributed by atoms with Gasteiger partial charge in [-0.3, -0.25) is 0 Å². The molecule has 17 heavy (non-hydrogen) atoms. The summed E-state index contributed by atoms with van der Waals surface area (Å²) >= 11 is 4.78. The second-order valence-corrected chi connectivity index (χ2v) is 5.37. The van der Waals surface area contributed by atoms with Crippen LogP contribution in [0.1, 0.15) is 11.0 Å². The number of aliphatic hydroxyl groups excluding tert-OH is 1. The Hall–Kier alpha value is -0.910. The van der Waals surface area contributed by atoms with Crippen LogP contribution >= 0.6 is 27.3 Å². The van der Waals surface area contributed by atoms with Crippen molar-refractivity contribution < 1.29 is 9.50 Å². The van der Waals surface area contributed by atoms with E-state index in [0.29, 0.717) is 11.0 Å².